The van der Waals surface area contributed by atoms with Gasteiger partial charge in [-0.25, -0.2) is 4.63 Å². The fourth-order valence-electron chi connectivity index (χ4n) is 1.57. The highest BCUT2D eigenvalue weighted by atomic mass is 16.6. The smallest absolute Gasteiger partial charge is 0.279 e. The molecule has 0 fully saturated rings. The van der Waals surface area contributed by atoms with Crippen molar-refractivity contribution in [2.75, 3.05) is 5.32 Å². The fourth-order valence-corrected chi connectivity index (χ4v) is 1.57. The Kier molecular flexibility index (Phi) is 2.91. The van der Waals surface area contributed by atoms with Gasteiger partial charge in [-0.3, -0.25) is 4.79 Å². The molecular formula is C12H13N3O2. The number of anilines is 1. The average molecular weight is 231 g/mol. The van der Waals surface area contributed by atoms with Gasteiger partial charge >= 0.3 is 0 Å². The van der Waals surface area contributed by atoms with Crippen molar-refractivity contribution in [3.8, 4) is 0 Å². The first-order valence-electron chi connectivity index (χ1n) is 5.25. The molecule has 1 aromatic carbocycles. The Balaban J connectivity index is 2.22. The van der Waals surface area contributed by atoms with Crippen LogP contribution in [0.4, 0.5) is 5.69 Å². The van der Waals surface area contributed by atoms with Crippen molar-refractivity contribution in [2.24, 2.45) is 0 Å². The van der Waals surface area contributed by atoms with Crippen LogP contribution >= 0.6 is 0 Å². The topological polar surface area (TPSA) is 68.0 Å². The lowest BCUT2D eigenvalue weighted by atomic mass is 10.1. The molecular weight excluding hydrogens is 218 g/mol. The second-order valence-corrected chi connectivity index (χ2v) is 3.97. The summed E-state index contributed by atoms with van der Waals surface area (Å²) in [7, 11) is 0. The molecule has 1 aromatic heterocycles. The number of hydrogen-bond donors (Lipinski definition) is 1. The van der Waals surface area contributed by atoms with E-state index in [1.165, 1.54) is 0 Å². The number of carbonyl (C=O) groups excluding carboxylic acids is 1. The molecule has 2 rings (SSSR count). The predicted molar refractivity (Wildman–Crippen MR) is 62.9 cm³/mol. The van der Waals surface area contributed by atoms with Crippen LogP contribution < -0.4 is 5.32 Å². The number of aryl methyl sites for hydroxylation is 3. The van der Waals surface area contributed by atoms with Gasteiger partial charge in [0.2, 0.25) is 0 Å². The second-order valence-electron chi connectivity index (χ2n) is 3.97. The zero-order valence-electron chi connectivity index (χ0n) is 9.94. The van der Waals surface area contributed by atoms with Crippen LogP contribution in [0.2, 0.25) is 0 Å². The zero-order valence-corrected chi connectivity index (χ0v) is 9.94. The lowest BCUT2D eigenvalue weighted by Crippen LogP contribution is -2.14. The average Bonchev–Trinajstić information content (AvgIpc) is 2.68. The molecule has 5 heteroatoms. The SMILES string of the molecule is Cc1ccc(NC(=O)c2nonc2C)c(C)c1. The van der Waals surface area contributed by atoms with Gasteiger partial charge in [-0.1, -0.05) is 22.9 Å². The Morgan fingerprint density at radius 2 is 2.00 bits per heavy atom. The van der Waals surface area contributed by atoms with Crippen LogP contribution in [0.3, 0.4) is 0 Å². The van der Waals surface area contributed by atoms with Gasteiger partial charge in [0, 0.05) is 5.69 Å². The number of hydrogen-bond acceptors (Lipinski definition) is 4. The number of benzene rings is 1. The van der Waals surface area contributed by atoms with Gasteiger partial charge in [0.25, 0.3) is 5.91 Å². The highest BCUT2D eigenvalue weighted by Crippen LogP contribution is 2.17. The van der Waals surface area contributed by atoms with Crippen molar-refractivity contribution < 1.29 is 9.42 Å². The van der Waals surface area contributed by atoms with Crippen LogP contribution in [-0.2, 0) is 0 Å². The van der Waals surface area contributed by atoms with E-state index in [4.69, 9.17) is 0 Å². The maximum Gasteiger partial charge on any atom is 0.279 e. The number of carbonyl (C=O) groups is 1. The highest BCUT2D eigenvalue weighted by molar-refractivity contribution is 6.03. The third-order valence-corrected chi connectivity index (χ3v) is 2.50. The van der Waals surface area contributed by atoms with E-state index in [0.29, 0.717) is 5.69 Å². The van der Waals surface area contributed by atoms with Crippen LogP contribution in [0.25, 0.3) is 0 Å². The minimum Gasteiger partial charge on any atom is -0.320 e. The number of rotatable bonds is 2. The van der Waals surface area contributed by atoms with E-state index in [1.807, 2.05) is 32.0 Å². The third kappa shape index (κ3) is 2.33. The summed E-state index contributed by atoms with van der Waals surface area (Å²) in [6.45, 7) is 5.62. The fraction of sp³-hybridized carbons (Fsp3) is 0.250. The molecule has 0 atom stereocenters. The minimum absolute atomic E-state index is 0.213. The molecule has 0 saturated heterocycles. The molecule has 0 aliphatic carbocycles. The van der Waals surface area contributed by atoms with E-state index in [9.17, 15) is 4.79 Å². The minimum atomic E-state index is -0.310. The Morgan fingerprint density at radius 3 is 2.59 bits per heavy atom. The molecule has 1 amide bonds. The molecule has 0 unspecified atom stereocenters. The van der Waals surface area contributed by atoms with Crippen molar-refractivity contribution in [1.82, 2.24) is 10.3 Å². The van der Waals surface area contributed by atoms with Crippen LogP contribution in [0.5, 0.6) is 0 Å². The molecule has 88 valence electrons. The Morgan fingerprint density at radius 1 is 1.24 bits per heavy atom. The van der Waals surface area contributed by atoms with Crippen molar-refractivity contribution in [3.05, 3.63) is 40.7 Å². The lowest BCUT2D eigenvalue weighted by Gasteiger charge is -2.07. The summed E-state index contributed by atoms with van der Waals surface area (Å²) in [5, 5.41) is 9.91. The van der Waals surface area contributed by atoms with Gasteiger partial charge in [-0.15, -0.1) is 0 Å². The lowest BCUT2D eigenvalue weighted by molar-refractivity contribution is 0.101. The van der Waals surface area contributed by atoms with Gasteiger partial charge in [0.1, 0.15) is 5.69 Å². The van der Waals surface area contributed by atoms with E-state index < -0.39 is 0 Å². The van der Waals surface area contributed by atoms with Crippen molar-refractivity contribution >= 4 is 11.6 Å². The van der Waals surface area contributed by atoms with Crippen LogP contribution in [-0.4, -0.2) is 16.2 Å². The van der Waals surface area contributed by atoms with Gasteiger partial charge in [-0.05, 0) is 37.6 Å². The van der Waals surface area contributed by atoms with E-state index >= 15 is 0 Å². The Bertz CT molecular complexity index is 561. The Labute approximate surface area is 98.8 Å². The molecule has 0 bridgehead atoms. The van der Waals surface area contributed by atoms with Crippen molar-refractivity contribution in [2.45, 2.75) is 20.8 Å². The monoisotopic (exact) mass is 231 g/mol. The summed E-state index contributed by atoms with van der Waals surface area (Å²) >= 11 is 0. The van der Waals surface area contributed by atoms with E-state index in [1.54, 1.807) is 6.92 Å². The maximum atomic E-state index is 11.9. The summed E-state index contributed by atoms with van der Waals surface area (Å²) in [6, 6.07) is 5.81. The molecule has 17 heavy (non-hydrogen) atoms. The van der Waals surface area contributed by atoms with Gasteiger partial charge in [0.05, 0.1) is 0 Å². The normalized spacial score (nSPS) is 10.3. The standard InChI is InChI=1S/C12H13N3O2/c1-7-4-5-10(8(2)6-7)13-12(16)11-9(3)14-17-15-11/h4-6H,1-3H3,(H,13,16). The molecule has 2 aromatic rings. The van der Waals surface area contributed by atoms with Gasteiger partial charge in [0.15, 0.2) is 5.69 Å². The molecule has 1 heterocycles. The van der Waals surface area contributed by atoms with Gasteiger partial charge in [-0.2, -0.15) is 0 Å². The number of nitrogens with one attached hydrogen (secondary N) is 1. The molecule has 0 saturated carbocycles. The van der Waals surface area contributed by atoms with E-state index in [0.717, 1.165) is 16.8 Å². The number of aromatic nitrogens is 2. The number of amides is 1. The zero-order chi connectivity index (χ0) is 12.4. The quantitative estimate of drug-likeness (QED) is 0.860. The predicted octanol–water partition coefficient (Wildman–Crippen LogP) is 2.25. The maximum absolute atomic E-state index is 11.9. The first kappa shape index (κ1) is 11.3. The first-order valence-corrected chi connectivity index (χ1v) is 5.25. The summed E-state index contributed by atoms with van der Waals surface area (Å²) in [5.41, 5.74) is 3.62. The van der Waals surface area contributed by atoms with E-state index in [-0.39, 0.29) is 11.6 Å². The summed E-state index contributed by atoms with van der Waals surface area (Å²) in [6.07, 6.45) is 0. The molecule has 0 radical (unpaired) electrons. The molecule has 0 spiro atoms. The number of nitrogens with zero attached hydrogens (tertiary/aromatic N) is 2. The summed E-state index contributed by atoms with van der Waals surface area (Å²) in [4.78, 5) is 11.9. The largest absolute Gasteiger partial charge is 0.320 e. The van der Waals surface area contributed by atoms with Crippen molar-refractivity contribution in [1.29, 1.82) is 0 Å². The summed E-state index contributed by atoms with van der Waals surface area (Å²) in [5.74, 6) is -0.310. The highest BCUT2D eigenvalue weighted by Gasteiger charge is 2.15. The third-order valence-electron chi connectivity index (χ3n) is 2.50. The molecule has 0 aliphatic heterocycles. The van der Waals surface area contributed by atoms with Crippen LogP contribution in [0.1, 0.15) is 27.3 Å². The second kappa shape index (κ2) is 4.37. The molecule has 1 N–H and O–H groups in total. The van der Waals surface area contributed by atoms with E-state index in [2.05, 4.69) is 20.3 Å². The molecule has 0 aliphatic rings. The van der Waals surface area contributed by atoms with Crippen LogP contribution in [0, 0.1) is 20.8 Å². The first-order chi connectivity index (χ1) is 8.08. The van der Waals surface area contributed by atoms with Gasteiger partial charge < -0.3 is 5.32 Å². The van der Waals surface area contributed by atoms with Crippen molar-refractivity contribution in [3.63, 3.8) is 0 Å². The molecule has 5 nitrogen and oxygen atoms in total. The summed E-state index contributed by atoms with van der Waals surface area (Å²) < 4.78 is 4.49. The Hall–Kier alpha value is -2.17. The van der Waals surface area contributed by atoms with Crippen LogP contribution in [0.15, 0.2) is 22.8 Å².